The molecule has 1 unspecified atom stereocenters. The van der Waals surface area contributed by atoms with Gasteiger partial charge < -0.3 is 15.8 Å². The lowest BCUT2D eigenvalue weighted by atomic mass is 9.86. The van der Waals surface area contributed by atoms with Crippen LogP contribution in [0.2, 0.25) is 0 Å². The predicted molar refractivity (Wildman–Crippen MR) is 191 cm³/mol. The molecule has 0 radical (unpaired) electrons. The third-order valence-electron chi connectivity index (χ3n) is 9.03. The molecule has 0 spiro atoms. The average molecular weight is 678 g/mol. The lowest BCUT2D eigenvalue weighted by molar-refractivity contribution is -0.134. The molecule has 0 aliphatic rings. The number of hydrogen-bond donors (Lipinski definition) is 2. The minimum absolute atomic E-state index is 0. The lowest BCUT2D eigenvalue weighted by Gasteiger charge is -2.23. The number of quaternary nitrogens is 1. The zero-order valence-electron chi connectivity index (χ0n) is 30.4. The highest BCUT2D eigenvalue weighted by atomic mass is 32.3. The van der Waals surface area contributed by atoms with Crippen LogP contribution in [0.5, 0.6) is 0 Å². The molecule has 0 fully saturated rings. The molecule has 276 valence electrons. The number of carbonyl (C=O) groups excluding carboxylic acids is 2. The zero-order valence-corrected chi connectivity index (χ0v) is 31.2. The monoisotopic (exact) mass is 678 g/mol. The van der Waals surface area contributed by atoms with Gasteiger partial charge in [-0.1, -0.05) is 168 Å². The van der Waals surface area contributed by atoms with Crippen LogP contribution in [0.3, 0.4) is 0 Å². The van der Waals surface area contributed by atoms with Crippen molar-refractivity contribution in [2.75, 3.05) is 6.61 Å². The summed E-state index contributed by atoms with van der Waals surface area (Å²) >= 11 is 0. The minimum atomic E-state index is -5.01. The summed E-state index contributed by atoms with van der Waals surface area (Å²) in [5.74, 6) is -1.39. The summed E-state index contributed by atoms with van der Waals surface area (Å²) in [6.45, 7) is 4.09. The molecule has 5 N–H and O–H groups in total. The van der Waals surface area contributed by atoms with Crippen molar-refractivity contribution in [1.29, 1.82) is 0 Å². The van der Waals surface area contributed by atoms with Crippen molar-refractivity contribution >= 4 is 22.0 Å². The van der Waals surface area contributed by atoms with E-state index in [2.05, 4.69) is 18.0 Å². The van der Waals surface area contributed by atoms with E-state index >= 15 is 0 Å². The molecule has 1 atom stereocenters. The number of unbranched alkanes of at least 4 members (excludes halogenated alkanes) is 24. The topological polar surface area (TPSA) is 157 Å². The lowest BCUT2D eigenvalue weighted by Crippen LogP contribution is -2.31. The molecule has 0 aliphatic heterocycles. The summed E-state index contributed by atoms with van der Waals surface area (Å²) in [5.41, 5.74) is 0. The highest BCUT2D eigenvalue weighted by molar-refractivity contribution is 7.80. The van der Waals surface area contributed by atoms with Crippen molar-refractivity contribution in [3.8, 4) is 0 Å². The summed E-state index contributed by atoms with van der Waals surface area (Å²) in [4.78, 5) is 26.3. The highest BCUT2D eigenvalue weighted by Crippen LogP contribution is 2.22. The van der Waals surface area contributed by atoms with E-state index in [4.69, 9.17) is 0 Å². The largest absolute Gasteiger partial charge is 0.726 e. The molecule has 0 saturated heterocycles. The molecule has 0 aromatic rings. The molecular weight excluding hydrogens is 602 g/mol. The molecule has 0 rings (SSSR count). The fraction of sp³-hybridized carbons (Fsp3) is 0.946. The summed E-state index contributed by atoms with van der Waals surface area (Å²) in [7, 11) is -5.01. The van der Waals surface area contributed by atoms with E-state index in [1.807, 2.05) is 0 Å². The smallest absolute Gasteiger partial charge is 0.217 e. The first-order valence-electron chi connectivity index (χ1n) is 19.1. The summed E-state index contributed by atoms with van der Waals surface area (Å²) in [6.07, 6.45) is 30.3. The van der Waals surface area contributed by atoms with Gasteiger partial charge in [0.15, 0.2) is 0 Å². The van der Waals surface area contributed by atoms with Crippen LogP contribution in [0.25, 0.3) is 0 Å². The van der Waals surface area contributed by atoms with Crippen LogP contribution in [-0.4, -0.2) is 42.4 Å². The van der Waals surface area contributed by atoms with E-state index in [-0.39, 0.29) is 43.4 Å². The Morgan fingerprint density at radius 3 is 1.11 bits per heavy atom. The summed E-state index contributed by atoms with van der Waals surface area (Å²) in [6, 6.07) is 0. The van der Waals surface area contributed by atoms with E-state index in [9.17, 15) is 27.7 Å². The fourth-order valence-electron chi connectivity index (χ4n) is 6.20. The minimum Gasteiger partial charge on any atom is -0.726 e. The van der Waals surface area contributed by atoms with Crippen molar-refractivity contribution in [1.82, 2.24) is 6.15 Å². The van der Waals surface area contributed by atoms with Crippen molar-refractivity contribution < 1.29 is 31.8 Å². The van der Waals surface area contributed by atoms with Gasteiger partial charge in [0.05, 0.1) is 12.0 Å². The van der Waals surface area contributed by atoms with Gasteiger partial charge in [0, 0.05) is 19.4 Å². The molecule has 0 aliphatic carbocycles. The number of carbonyl (C=O) groups is 2. The Kier molecular flexibility index (Phi) is 34.9. The van der Waals surface area contributed by atoms with Gasteiger partial charge in [-0.05, 0) is 25.7 Å². The predicted octanol–water partition coefficient (Wildman–Crippen LogP) is 10.7. The normalized spacial score (nSPS) is 12.4. The second kappa shape index (κ2) is 34.0. The standard InChI is InChI=1S/C37H72O7S.H3N/c1-3-5-7-9-11-13-15-17-19-21-23-25-27-29-36(39)35(33-34(31-32-38)44-45(41,42)43)37(40)30-28-26-24-22-20-18-16-14-12-10-8-6-4-2;/h34-35,38H,3-33H2,1-2H3,(H,41,42,43);1H3. The van der Waals surface area contributed by atoms with E-state index in [0.29, 0.717) is 12.8 Å². The molecule has 0 amide bonds. The molecule has 46 heavy (non-hydrogen) atoms. The SMILES string of the molecule is CCCCCCCCCCCCCCCC(=O)C(CC(CCO)OS(=O)(=O)[O-])C(=O)CCCCCCCCCCCCCCC.[NH4+]. The zero-order chi connectivity index (χ0) is 33.4. The Bertz CT molecular complexity index is 749. The van der Waals surface area contributed by atoms with Crippen LogP contribution in [0.4, 0.5) is 0 Å². The van der Waals surface area contributed by atoms with Crippen LogP contribution in [-0.2, 0) is 24.2 Å². The van der Waals surface area contributed by atoms with Crippen molar-refractivity contribution in [3.05, 3.63) is 0 Å². The van der Waals surface area contributed by atoms with Gasteiger partial charge in [-0.3, -0.25) is 13.8 Å². The average Bonchev–Trinajstić information content (AvgIpc) is 2.99. The van der Waals surface area contributed by atoms with Crippen molar-refractivity contribution in [2.45, 2.75) is 213 Å². The third kappa shape index (κ3) is 31.7. The quantitative estimate of drug-likeness (QED) is 0.0289. The Morgan fingerprint density at radius 2 is 0.848 bits per heavy atom. The molecule has 8 nitrogen and oxygen atoms in total. The van der Waals surface area contributed by atoms with Crippen molar-refractivity contribution in [2.24, 2.45) is 5.92 Å². The maximum absolute atomic E-state index is 13.2. The first-order valence-corrected chi connectivity index (χ1v) is 20.4. The maximum Gasteiger partial charge on any atom is 0.217 e. The van der Waals surface area contributed by atoms with E-state index in [0.717, 1.165) is 38.5 Å². The Hall–Kier alpha value is -0.870. The second-order valence-electron chi connectivity index (χ2n) is 13.3. The molecule has 9 heteroatoms. The van der Waals surface area contributed by atoms with Gasteiger partial charge >= 0.3 is 0 Å². The molecule has 0 aromatic heterocycles. The number of hydrogen-bond acceptors (Lipinski definition) is 7. The Balaban J connectivity index is 0. The molecule has 0 bridgehead atoms. The molecule has 0 heterocycles. The van der Waals surface area contributed by atoms with E-state index < -0.39 is 29.0 Å². The van der Waals surface area contributed by atoms with E-state index in [1.165, 1.54) is 116 Å². The fourth-order valence-corrected chi connectivity index (χ4v) is 6.71. The number of aliphatic hydroxyl groups excluding tert-OH is 1. The number of aliphatic hydroxyl groups is 1. The number of ketones is 2. The van der Waals surface area contributed by atoms with Crippen LogP contribution in [0, 0.1) is 5.92 Å². The van der Waals surface area contributed by atoms with Crippen LogP contribution >= 0.6 is 0 Å². The second-order valence-corrected chi connectivity index (χ2v) is 14.4. The molecule has 0 saturated carbocycles. The number of rotatable bonds is 36. The number of Topliss-reactive ketones (excluding diaryl/α,β-unsaturated/α-hetero) is 2. The van der Waals surface area contributed by atoms with Gasteiger partial charge in [-0.15, -0.1) is 0 Å². The first kappa shape index (κ1) is 47.2. The Morgan fingerprint density at radius 1 is 0.565 bits per heavy atom. The van der Waals surface area contributed by atoms with Gasteiger partial charge in [0.25, 0.3) is 0 Å². The van der Waals surface area contributed by atoms with Crippen LogP contribution in [0.15, 0.2) is 0 Å². The Labute approximate surface area is 284 Å². The van der Waals surface area contributed by atoms with Crippen molar-refractivity contribution in [3.63, 3.8) is 0 Å². The van der Waals surface area contributed by atoms with Crippen LogP contribution < -0.4 is 6.15 Å². The van der Waals surface area contributed by atoms with Gasteiger partial charge in [0.1, 0.15) is 11.6 Å². The van der Waals surface area contributed by atoms with Gasteiger partial charge in [0.2, 0.25) is 10.4 Å². The van der Waals surface area contributed by atoms with Crippen LogP contribution in [0.1, 0.15) is 206 Å². The van der Waals surface area contributed by atoms with E-state index in [1.54, 1.807) is 0 Å². The summed E-state index contributed by atoms with van der Waals surface area (Å²) < 4.78 is 38.3. The van der Waals surface area contributed by atoms with Gasteiger partial charge in [-0.25, -0.2) is 8.42 Å². The maximum atomic E-state index is 13.2. The highest BCUT2D eigenvalue weighted by Gasteiger charge is 2.30. The molecule has 0 aromatic carbocycles. The third-order valence-corrected chi connectivity index (χ3v) is 9.54. The first-order chi connectivity index (χ1) is 21.7. The van der Waals surface area contributed by atoms with Gasteiger partial charge in [-0.2, -0.15) is 0 Å². The summed E-state index contributed by atoms with van der Waals surface area (Å²) in [5, 5.41) is 9.35. The molecular formula is C37H75NO7S.